The molecule has 2 heterocycles. The zero-order valence-corrected chi connectivity index (χ0v) is 13.7. The Morgan fingerprint density at radius 1 is 1.39 bits per heavy atom. The summed E-state index contributed by atoms with van der Waals surface area (Å²) >= 11 is 0. The molecule has 2 saturated heterocycles. The second-order valence-electron chi connectivity index (χ2n) is 6.61. The first-order chi connectivity index (χ1) is 11.2. The van der Waals surface area contributed by atoms with Crippen molar-refractivity contribution in [3.8, 4) is 5.75 Å². The smallest absolute Gasteiger partial charge is 0.254 e. The molecule has 0 aromatic heterocycles. The summed E-state index contributed by atoms with van der Waals surface area (Å²) in [5, 5.41) is 0. The van der Waals surface area contributed by atoms with Gasteiger partial charge >= 0.3 is 0 Å². The molecule has 3 atom stereocenters. The van der Waals surface area contributed by atoms with Gasteiger partial charge in [0.2, 0.25) is 0 Å². The zero-order valence-electron chi connectivity index (χ0n) is 13.7. The Bertz CT molecular complexity index is 526. The summed E-state index contributed by atoms with van der Waals surface area (Å²) in [6.45, 7) is 4.90. The summed E-state index contributed by atoms with van der Waals surface area (Å²) in [4.78, 5) is 14.6. The van der Waals surface area contributed by atoms with Crippen LogP contribution in [0.4, 0.5) is 0 Å². The van der Waals surface area contributed by atoms with Crippen LogP contribution < -0.4 is 10.5 Å². The van der Waals surface area contributed by atoms with Gasteiger partial charge in [-0.25, -0.2) is 0 Å². The molecule has 5 nitrogen and oxygen atoms in total. The molecule has 126 valence electrons. The largest absolute Gasteiger partial charge is 0.491 e. The molecule has 0 aliphatic carbocycles. The predicted octanol–water partition coefficient (Wildman–Crippen LogP) is 2.05. The van der Waals surface area contributed by atoms with E-state index in [2.05, 4.69) is 6.92 Å². The molecule has 0 saturated carbocycles. The molecule has 2 aliphatic heterocycles. The average Bonchev–Trinajstić information content (AvgIpc) is 3.22. The third kappa shape index (κ3) is 3.85. The first kappa shape index (κ1) is 16.3. The minimum atomic E-state index is 0.0825. The molecule has 3 rings (SSSR count). The lowest BCUT2D eigenvalue weighted by Crippen LogP contribution is -2.34. The van der Waals surface area contributed by atoms with E-state index < -0.39 is 0 Å². The van der Waals surface area contributed by atoms with Gasteiger partial charge in [-0.1, -0.05) is 0 Å². The quantitative estimate of drug-likeness (QED) is 0.902. The van der Waals surface area contributed by atoms with Crippen molar-refractivity contribution in [2.24, 2.45) is 11.7 Å². The van der Waals surface area contributed by atoms with Gasteiger partial charge in [-0.05, 0) is 62.9 Å². The van der Waals surface area contributed by atoms with Crippen LogP contribution >= 0.6 is 0 Å². The molecule has 2 N–H and O–H groups in total. The molecular formula is C18H26N2O3. The fraction of sp³-hybridized carbons (Fsp3) is 0.611. The number of nitrogens with two attached hydrogens (primary N) is 1. The topological polar surface area (TPSA) is 64.8 Å². The zero-order chi connectivity index (χ0) is 16.2. The minimum absolute atomic E-state index is 0.0825. The van der Waals surface area contributed by atoms with Gasteiger partial charge in [0, 0.05) is 24.8 Å². The summed E-state index contributed by atoms with van der Waals surface area (Å²) < 4.78 is 11.3. The Morgan fingerprint density at radius 3 is 2.78 bits per heavy atom. The highest BCUT2D eigenvalue weighted by molar-refractivity contribution is 5.94. The van der Waals surface area contributed by atoms with Crippen molar-refractivity contribution in [3.05, 3.63) is 29.8 Å². The first-order valence-electron chi connectivity index (χ1n) is 8.53. The third-order valence-corrected chi connectivity index (χ3v) is 4.82. The number of hydrogen-bond acceptors (Lipinski definition) is 4. The standard InChI is InChI=1S/C18H26N2O3/c1-13-9-14(10-19)11-20(13)18(21)15-4-6-16(7-5-15)23-12-17-3-2-8-22-17/h4-7,13-14,17H,2-3,8-12,19H2,1H3. The van der Waals surface area contributed by atoms with Crippen molar-refractivity contribution in [2.75, 3.05) is 26.3 Å². The van der Waals surface area contributed by atoms with Gasteiger partial charge in [-0.15, -0.1) is 0 Å². The van der Waals surface area contributed by atoms with Gasteiger partial charge in [-0.2, -0.15) is 0 Å². The maximum absolute atomic E-state index is 12.6. The van der Waals surface area contributed by atoms with Crippen LogP contribution in [0, 0.1) is 5.92 Å². The van der Waals surface area contributed by atoms with Crippen LogP contribution in [-0.2, 0) is 4.74 Å². The van der Waals surface area contributed by atoms with Crippen molar-refractivity contribution >= 4 is 5.91 Å². The normalized spacial score (nSPS) is 27.4. The van der Waals surface area contributed by atoms with E-state index in [0.29, 0.717) is 24.6 Å². The number of benzene rings is 1. The third-order valence-electron chi connectivity index (χ3n) is 4.82. The lowest BCUT2D eigenvalue weighted by Gasteiger charge is -2.21. The SMILES string of the molecule is CC1CC(CN)CN1C(=O)c1ccc(OCC2CCCO2)cc1. The Labute approximate surface area is 137 Å². The number of ether oxygens (including phenoxy) is 2. The Morgan fingerprint density at radius 2 is 2.17 bits per heavy atom. The number of nitrogens with zero attached hydrogens (tertiary/aromatic N) is 1. The molecule has 2 aliphatic rings. The maximum Gasteiger partial charge on any atom is 0.254 e. The minimum Gasteiger partial charge on any atom is -0.491 e. The van der Waals surface area contributed by atoms with Crippen LogP contribution in [0.3, 0.4) is 0 Å². The fourth-order valence-electron chi connectivity index (χ4n) is 3.42. The van der Waals surface area contributed by atoms with E-state index in [-0.39, 0.29) is 18.1 Å². The van der Waals surface area contributed by atoms with Crippen molar-refractivity contribution in [2.45, 2.75) is 38.3 Å². The van der Waals surface area contributed by atoms with E-state index in [0.717, 1.165) is 38.2 Å². The van der Waals surface area contributed by atoms with Gasteiger partial charge in [0.15, 0.2) is 0 Å². The molecule has 1 amide bonds. The number of carbonyl (C=O) groups is 1. The van der Waals surface area contributed by atoms with E-state index >= 15 is 0 Å². The van der Waals surface area contributed by atoms with Crippen LogP contribution in [0.2, 0.25) is 0 Å². The van der Waals surface area contributed by atoms with Crippen molar-refractivity contribution < 1.29 is 14.3 Å². The molecule has 23 heavy (non-hydrogen) atoms. The summed E-state index contributed by atoms with van der Waals surface area (Å²) in [6.07, 6.45) is 3.37. The summed E-state index contributed by atoms with van der Waals surface area (Å²) in [7, 11) is 0. The average molecular weight is 318 g/mol. The molecule has 5 heteroatoms. The lowest BCUT2D eigenvalue weighted by atomic mass is 10.1. The van der Waals surface area contributed by atoms with Crippen LogP contribution in [0.15, 0.2) is 24.3 Å². The maximum atomic E-state index is 12.6. The predicted molar refractivity (Wildman–Crippen MR) is 88.6 cm³/mol. The van der Waals surface area contributed by atoms with E-state index in [4.69, 9.17) is 15.2 Å². The molecule has 1 aromatic rings. The summed E-state index contributed by atoms with van der Waals surface area (Å²) in [5.74, 6) is 1.29. The van der Waals surface area contributed by atoms with Gasteiger partial charge in [0.05, 0.1) is 6.10 Å². The van der Waals surface area contributed by atoms with Crippen molar-refractivity contribution in [1.82, 2.24) is 4.90 Å². The molecule has 2 fully saturated rings. The van der Waals surface area contributed by atoms with Crippen LogP contribution in [-0.4, -0.2) is 49.3 Å². The van der Waals surface area contributed by atoms with E-state index in [1.54, 1.807) is 0 Å². The number of carbonyl (C=O) groups excluding carboxylic acids is 1. The van der Waals surface area contributed by atoms with Gasteiger partial charge < -0.3 is 20.1 Å². The van der Waals surface area contributed by atoms with Crippen molar-refractivity contribution in [3.63, 3.8) is 0 Å². The number of rotatable bonds is 5. The molecule has 1 aromatic carbocycles. The summed E-state index contributed by atoms with van der Waals surface area (Å²) in [6, 6.07) is 7.67. The number of hydrogen-bond donors (Lipinski definition) is 1. The second-order valence-corrected chi connectivity index (χ2v) is 6.61. The van der Waals surface area contributed by atoms with Crippen LogP contribution in [0.1, 0.15) is 36.5 Å². The second kappa shape index (κ2) is 7.32. The highest BCUT2D eigenvalue weighted by Crippen LogP contribution is 2.25. The molecule has 3 unspecified atom stereocenters. The highest BCUT2D eigenvalue weighted by Gasteiger charge is 2.32. The highest BCUT2D eigenvalue weighted by atomic mass is 16.5. The van der Waals surface area contributed by atoms with Crippen molar-refractivity contribution in [1.29, 1.82) is 0 Å². The molecule has 0 radical (unpaired) electrons. The monoisotopic (exact) mass is 318 g/mol. The number of likely N-dealkylation sites (tertiary alicyclic amines) is 1. The summed E-state index contributed by atoms with van der Waals surface area (Å²) in [5.41, 5.74) is 6.44. The van der Waals surface area contributed by atoms with Crippen LogP contribution in [0.5, 0.6) is 5.75 Å². The van der Waals surface area contributed by atoms with E-state index in [1.165, 1.54) is 0 Å². The van der Waals surface area contributed by atoms with E-state index in [9.17, 15) is 4.79 Å². The van der Waals surface area contributed by atoms with Gasteiger partial charge in [0.1, 0.15) is 12.4 Å². The molecule has 0 bridgehead atoms. The van der Waals surface area contributed by atoms with Gasteiger partial charge in [0.25, 0.3) is 5.91 Å². The van der Waals surface area contributed by atoms with Crippen LogP contribution in [0.25, 0.3) is 0 Å². The van der Waals surface area contributed by atoms with Gasteiger partial charge in [-0.3, -0.25) is 4.79 Å². The molecule has 0 spiro atoms. The Kier molecular flexibility index (Phi) is 5.18. The fourth-order valence-corrected chi connectivity index (χ4v) is 3.42. The molecular weight excluding hydrogens is 292 g/mol. The number of amides is 1. The first-order valence-corrected chi connectivity index (χ1v) is 8.53. The van der Waals surface area contributed by atoms with E-state index in [1.807, 2.05) is 29.2 Å². The Hall–Kier alpha value is -1.59. The lowest BCUT2D eigenvalue weighted by molar-refractivity contribution is 0.0678. The Balaban J connectivity index is 1.57.